The number of hydrogen-bond donors (Lipinski definition) is 1. The summed E-state index contributed by atoms with van der Waals surface area (Å²) in [6.45, 7) is 2.06. The highest BCUT2D eigenvalue weighted by molar-refractivity contribution is 6.08. The molecule has 4 bridgehead atoms. The van der Waals surface area contributed by atoms with Gasteiger partial charge in [0.1, 0.15) is 11.2 Å². The van der Waals surface area contributed by atoms with E-state index in [1.54, 1.807) is 5.57 Å². The zero-order valence-electron chi connectivity index (χ0n) is 40.3. The summed E-state index contributed by atoms with van der Waals surface area (Å²) in [5.41, 5.74) is 20.4. The first-order chi connectivity index (χ1) is 34.7. The first-order valence-electron chi connectivity index (χ1n) is 26.4. The van der Waals surface area contributed by atoms with Gasteiger partial charge in [0.05, 0.1) is 28.1 Å². The number of allylic oxidation sites excluding steroid dienone is 9. The Kier molecular flexibility index (Phi) is 11.2. The molecule has 1 atom stereocenters. The van der Waals surface area contributed by atoms with Gasteiger partial charge in [0.2, 0.25) is 0 Å². The molecule has 1 N–H and O–H groups in total. The number of para-hydroxylation sites is 1. The van der Waals surface area contributed by atoms with E-state index in [4.69, 9.17) is 9.83 Å². The van der Waals surface area contributed by atoms with Crippen LogP contribution in [0.1, 0.15) is 118 Å². The van der Waals surface area contributed by atoms with Gasteiger partial charge in [-0.15, -0.1) is 0 Å². The van der Waals surface area contributed by atoms with Crippen LogP contribution >= 0.6 is 0 Å². The fraction of sp³-hybridized carbons (Fsp3) is 0.277. The van der Waals surface area contributed by atoms with E-state index >= 15 is 0 Å². The normalized spacial score (nSPS) is 20.9. The van der Waals surface area contributed by atoms with Crippen molar-refractivity contribution in [2.75, 3.05) is 18.0 Å². The summed E-state index contributed by atoms with van der Waals surface area (Å²) < 4.78 is 11.7. The molecule has 3 aromatic heterocycles. The van der Waals surface area contributed by atoms with Gasteiger partial charge in [0.25, 0.3) is 0 Å². The number of rotatable bonds is 7. The molecule has 3 aliphatic carbocycles. The molecule has 0 spiro atoms. The van der Waals surface area contributed by atoms with E-state index in [1.165, 1.54) is 162 Å². The van der Waals surface area contributed by atoms with E-state index in [1.807, 2.05) is 6.08 Å². The van der Waals surface area contributed by atoms with E-state index in [-0.39, 0.29) is 0 Å². The fourth-order valence-corrected chi connectivity index (χ4v) is 13.2. The Morgan fingerprint density at radius 3 is 2.13 bits per heavy atom. The Morgan fingerprint density at radius 2 is 1.30 bits per heavy atom. The third-order valence-corrected chi connectivity index (χ3v) is 16.5. The van der Waals surface area contributed by atoms with Crippen molar-refractivity contribution in [3.05, 3.63) is 179 Å². The van der Waals surface area contributed by atoms with Crippen molar-refractivity contribution in [1.82, 2.24) is 9.13 Å². The summed E-state index contributed by atoms with van der Waals surface area (Å²) in [7, 11) is 0. The summed E-state index contributed by atoms with van der Waals surface area (Å²) >= 11 is 0. The van der Waals surface area contributed by atoms with Crippen LogP contribution in [0.5, 0.6) is 0 Å². The molecule has 1 unspecified atom stereocenters. The smallest absolute Gasteiger partial charge is 0.135 e. The third kappa shape index (κ3) is 7.57. The van der Waals surface area contributed by atoms with Crippen molar-refractivity contribution in [1.29, 1.82) is 5.41 Å². The van der Waals surface area contributed by atoms with Crippen LogP contribution in [0, 0.1) is 11.3 Å². The first kappa shape index (κ1) is 43.0. The van der Waals surface area contributed by atoms with Crippen LogP contribution in [-0.4, -0.2) is 28.4 Å². The van der Waals surface area contributed by atoms with E-state index in [0.29, 0.717) is 11.8 Å². The molecule has 3 fully saturated rings. The Bertz CT molecular complexity index is 3550. The van der Waals surface area contributed by atoms with Crippen molar-refractivity contribution in [2.45, 2.75) is 95.8 Å². The van der Waals surface area contributed by atoms with E-state index < -0.39 is 0 Å². The second-order valence-corrected chi connectivity index (χ2v) is 20.7. The lowest BCUT2D eigenvalue weighted by Gasteiger charge is -2.25. The molecule has 5 aromatic carbocycles. The highest BCUT2D eigenvalue weighted by Gasteiger charge is 2.29. The highest BCUT2D eigenvalue weighted by Crippen LogP contribution is 2.47. The van der Waals surface area contributed by atoms with Gasteiger partial charge in [-0.25, -0.2) is 0 Å². The Morgan fingerprint density at radius 1 is 0.600 bits per heavy atom. The van der Waals surface area contributed by atoms with Crippen LogP contribution in [0.25, 0.3) is 84.0 Å². The Hall–Kier alpha value is -7.11. The van der Waals surface area contributed by atoms with Crippen molar-refractivity contribution < 1.29 is 4.42 Å². The molecule has 13 rings (SSSR count). The number of furan rings is 1. The number of fused-ring (bicyclic) bond motifs is 15. The molecule has 5 heteroatoms. The Balaban J connectivity index is 0.980. The van der Waals surface area contributed by atoms with Gasteiger partial charge in [-0.1, -0.05) is 128 Å². The van der Waals surface area contributed by atoms with Crippen LogP contribution in [0.3, 0.4) is 0 Å². The summed E-state index contributed by atoms with van der Waals surface area (Å²) in [6, 6.07) is 39.1. The number of nitrogens with one attached hydrogen (secondary N) is 1. The van der Waals surface area contributed by atoms with Crippen LogP contribution in [0.2, 0.25) is 0 Å². The predicted molar refractivity (Wildman–Crippen MR) is 296 cm³/mol. The summed E-state index contributed by atoms with van der Waals surface area (Å²) in [5.74, 6) is 0.951. The summed E-state index contributed by atoms with van der Waals surface area (Å²) in [6.07, 6.45) is 39.0. The van der Waals surface area contributed by atoms with Crippen molar-refractivity contribution in [3.8, 4) is 22.5 Å². The standard InChI is InChI=1S/C65H62N4O/c66-37-13-11-25-51(46-21-3-1-2-4-22-46)53-26-8-7-24-52(53)47-31-34-59-57(40-47)64-48-23-6-5-17-44(39-48)19-15-29-60(64)68(59)49-32-35-62-55(41-49)56-42-50(33-36-63(56)70-62)69-58-28-10-9-27-54(58)65-61(69)30-16-20-45-18-12-14-38-67(65)43-45/h7-11,13,15-16,19-20,24-37,40-42,46,48,66H,1-6,12,14,17-18,21-23,38-39,43H2/b13-11-,29-15-,30-16?,44-19-,45-20-,51-25+,66-37?. The zero-order chi connectivity index (χ0) is 46.5. The molecule has 348 valence electrons. The second-order valence-electron chi connectivity index (χ2n) is 20.7. The van der Waals surface area contributed by atoms with E-state index in [9.17, 15) is 0 Å². The molecule has 2 aliphatic heterocycles. The minimum atomic E-state index is 0.443. The number of anilines is 1. The molecule has 5 nitrogen and oxygen atoms in total. The molecule has 0 amide bonds. The molecule has 1 saturated heterocycles. The lowest BCUT2D eigenvalue weighted by molar-refractivity contribution is 0.575. The molecule has 70 heavy (non-hydrogen) atoms. The molecular formula is C65H62N4O. The van der Waals surface area contributed by atoms with Crippen LogP contribution < -0.4 is 4.90 Å². The molecule has 2 saturated carbocycles. The molecule has 8 aromatic rings. The SMILES string of the molecule is N=C/C=C\C=C(\c1ccccc1-c1ccc2c(c1)c1c(n2-c2ccc3oc4ccc(-n5c6c(c7ccccc75)N5CCCC/C(=C/C=C6)C5)cc4c3c2)/C=C\C=C2\CCCCC1C2)C1CCCCCC1. The minimum absolute atomic E-state index is 0.443. The van der Waals surface area contributed by atoms with Gasteiger partial charge in [0.15, 0.2) is 0 Å². The summed E-state index contributed by atoms with van der Waals surface area (Å²) in [4.78, 5) is 2.63. The lowest BCUT2D eigenvalue weighted by atomic mass is 9.82. The molecule has 0 radical (unpaired) electrons. The quantitative estimate of drug-likeness (QED) is 0.0984. The fourth-order valence-electron chi connectivity index (χ4n) is 13.2. The molecule has 5 aliphatic rings. The van der Waals surface area contributed by atoms with Gasteiger partial charge in [0, 0.05) is 52.2 Å². The van der Waals surface area contributed by atoms with Crippen LogP contribution in [0.15, 0.2) is 161 Å². The number of benzene rings is 5. The second kappa shape index (κ2) is 18.3. The number of aromatic nitrogens is 2. The van der Waals surface area contributed by atoms with Gasteiger partial charge in [-0.05, 0) is 170 Å². The molecular weight excluding hydrogens is 853 g/mol. The zero-order valence-corrected chi connectivity index (χ0v) is 40.3. The van der Waals surface area contributed by atoms with Crippen molar-refractivity contribution >= 4 is 73.4 Å². The van der Waals surface area contributed by atoms with Gasteiger partial charge < -0.3 is 23.9 Å². The monoisotopic (exact) mass is 914 g/mol. The van der Waals surface area contributed by atoms with E-state index in [2.05, 4.69) is 166 Å². The predicted octanol–water partition coefficient (Wildman–Crippen LogP) is 17.6. The summed E-state index contributed by atoms with van der Waals surface area (Å²) in [5, 5.41) is 12.7. The van der Waals surface area contributed by atoms with Crippen LogP contribution in [-0.2, 0) is 0 Å². The van der Waals surface area contributed by atoms with Crippen molar-refractivity contribution in [3.63, 3.8) is 0 Å². The van der Waals surface area contributed by atoms with E-state index in [0.717, 1.165) is 52.8 Å². The average molecular weight is 915 g/mol. The number of nitrogens with zero attached hydrogens (tertiary/aromatic N) is 3. The highest BCUT2D eigenvalue weighted by atomic mass is 16.3. The van der Waals surface area contributed by atoms with Gasteiger partial charge in [-0.2, -0.15) is 0 Å². The maximum absolute atomic E-state index is 7.74. The van der Waals surface area contributed by atoms with Gasteiger partial charge in [-0.3, -0.25) is 0 Å². The minimum Gasteiger partial charge on any atom is -0.456 e. The average Bonchev–Trinajstić information content (AvgIpc) is 3.65. The lowest BCUT2D eigenvalue weighted by Crippen LogP contribution is -2.26. The van der Waals surface area contributed by atoms with Crippen molar-refractivity contribution in [2.24, 2.45) is 5.92 Å². The number of hydrogen-bond acceptors (Lipinski definition) is 3. The largest absolute Gasteiger partial charge is 0.456 e. The van der Waals surface area contributed by atoms with Gasteiger partial charge >= 0.3 is 0 Å². The topological polar surface area (TPSA) is 50.1 Å². The maximum atomic E-state index is 7.74. The molecule has 5 heterocycles. The maximum Gasteiger partial charge on any atom is 0.135 e. The first-order valence-corrected chi connectivity index (χ1v) is 26.4. The Labute approximate surface area is 412 Å². The van der Waals surface area contributed by atoms with Crippen LogP contribution in [0.4, 0.5) is 5.69 Å². The third-order valence-electron chi connectivity index (χ3n) is 16.5.